The van der Waals surface area contributed by atoms with Crippen molar-refractivity contribution in [1.82, 2.24) is 9.78 Å². The molecule has 1 N–H and O–H groups in total. The fourth-order valence-electron chi connectivity index (χ4n) is 2.07. The predicted molar refractivity (Wildman–Crippen MR) is 90.6 cm³/mol. The summed E-state index contributed by atoms with van der Waals surface area (Å²) in [5.41, 5.74) is 0.782. The van der Waals surface area contributed by atoms with Crippen LogP contribution >= 0.6 is 27.3 Å². The van der Waals surface area contributed by atoms with E-state index in [-0.39, 0.29) is 21.1 Å². The highest BCUT2D eigenvalue weighted by atomic mass is 79.9. The van der Waals surface area contributed by atoms with Crippen LogP contribution in [0, 0.1) is 6.92 Å². The number of ether oxygens (including phenoxy) is 2. The highest BCUT2D eigenvalue weighted by molar-refractivity contribution is 9.10. The van der Waals surface area contributed by atoms with Gasteiger partial charge in [-0.3, -0.25) is 9.48 Å². The Hall–Kier alpha value is -2.20. The molecule has 0 atom stereocenters. The third-order valence-electron chi connectivity index (χ3n) is 3.24. The first kappa shape index (κ1) is 18.1. The summed E-state index contributed by atoms with van der Waals surface area (Å²) in [7, 11) is 4.07. The lowest BCUT2D eigenvalue weighted by atomic mass is 10.1. The van der Waals surface area contributed by atoms with Crippen LogP contribution in [0.4, 0.5) is 5.00 Å². The Kier molecular flexibility index (Phi) is 5.40. The van der Waals surface area contributed by atoms with Crippen molar-refractivity contribution in [3.8, 4) is 0 Å². The predicted octanol–water partition coefficient (Wildman–Crippen LogP) is 2.38. The van der Waals surface area contributed by atoms with Gasteiger partial charge in [-0.15, -0.1) is 11.3 Å². The number of carbonyl (C=O) groups is 3. The minimum atomic E-state index is -0.654. The molecule has 0 radical (unpaired) electrons. The van der Waals surface area contributed by atoms with Crippen molar-refractivity contribution < 1.29 is 23.9 Å². The van der Waals surface area contributed by atoms with E-state index in [4.69, 9.17) is 9.47 Å². The van der Waals surface area contributed by atoms with Crippen molar-refractivity contribution in [3.63, 3.8) is 0 Å². The molecule has 2 aromatic rings. The minimum Gasteiger partial charge on any atom is -0.465 e. The summed E-state index contributed by atoms with van der Waals surface area (Å²) in [6, 6.07) is 0. The molecule has 0 saturated carbocycles. The van der Waals surface area contributed by atoms with Crippen molar-refractivity contribution >= 4 is 50.1 Å². The van der Waals surface area contributed by atoms with Gasteiger partial charge >= 0.3 is 11.9 Å². The van der Waals surface area contributed by atoms with Crippen LogP contribution in [0.25, 0.3) is 0 Å². The normalized spacial score (nSPS) is 10.4. The quantitative estimate of drug-likeness (QED) is 0.769. The minimum absolute atomic E-state index is 0.120. The maximum atomic E-state index is 12.5. The van der Waals surface area contributed by atoms with Gasteiger partial charge in [-0.25, -0.2) is 9.59 Å². The highest BCUT2D eigenvalue weighted by Gasteiger charge is 2.27. The highest BCUT2D eigenvalue weighted by Crippen LogP contribution is 2.34. The van der Waals surface area contributed by atoms with Crippen LogP contribution in [0.3, 0.4) is 0 Å². The van der Waals surface area contributed by atoms with Crippen LogP contribution in [-0.2, 0) is 16.5 Å². The maximum absolute atomic E-state index is 12.5. The van der Waals surface area contributed by atoms with Crippen LogP contribution in [-0.4, -0.2) is 41.8 Å². The monoisotopic (exact) mass is 415 g/mol. The van der Waals surface area contributed by atoms with E-state index in [1.165, 1.54) is 25.1 Å². The Morgan fingerprint density at radius 3 is 2.38 bits per heavy atom. The first-order valence-electron chi connectivity index (χ1n) is 6.60. The van der Waals surface area contributed by atoms with Gasteiger partial charge in [-0.05, 0) is 28.4 Å². The largest absolute Gasteiger partial charge is 0.465 e. The summed E-state index contributed by atoms with van der Waals surface area (Å²) in [5.74, 6) is -1.73. The van der Waals surface area contributed by atoms with E-state index >= 15 is 0 Å². The molecular weight excluding hydrogens is 402 g/mol. The number of methoxy groups -OCH3 is 2. The third kappa shape index (κ3) is 3.20. The van der Waals surface area contributed by atoms with Gasteiger partial charge in [-0.1, -0.05) is 0 Å². The molecule has 24 heavy (non-hydrogen) atoms. The first-order valence-corrected chi connectivity index (χ1v) is 8.21. The topological polar surface area (TPSA) is 99.5 Å². The summed E-state index contributed by atoms with van der Waals surface area (Å²) in [4.78, 5) is 36.6. The Bertz CT molecular complexity index is 807. The molecule has 2 rings (SSSR count). The van der Waals surface area contributed by atoms with E-state index in [1.807, 2.05) is 0 Å². The van der Waals surface area contributed by atoms with Crippen molar-refractivity contribution in [2.24, 2.45) is 7.05 Å². The van der Waals surface area contributed by atoms with E-state index in [1.54, 1.807) is 14.0 Å². The Morgan fingerprint density at radius 2 is 1.88 bits per heavy atom. The Balaban J connectivity index is 2.47. The maximum Gasteiger partial charge on any atom is 0.348 e. The lowest BCUT2D eigenvalue weighted by molar-refractivity contribution is 0.0601. The number of rotatable bonds is 4. The number of halogens is 1. The Labute approximate surface area is 149 Å². The van der Waals surface area contributed by atoms with Gasteiger partial charge in [0.2, 0.25) is 0 Å². The molecule has 128 valence electrons. The number of anilines is 1. The van der Waals surface area contributed by atoms with Crippen LogP contribution in [0.5, 0.6) is 0 Å². The molecule has 8 nitrogen and oxygen atoms in total. The molecule has 0 bridgehead atoms. The smallest absolute Gasteiger partial charge is 0.348 e. The van der Waals surface area contributed by atoms with Gasteiger partial charge in [0.05, 0.1) is 30.5 Å². The summed E-state index contributed by atoms with van der Waals surface area (Å²) in [6.45, 7) is 1.59. The zero-order valence-electron chi connectivity index (χ0n) is 13.3. The first-order chi connectivity index (χ1) is 11.3. The number of nitrogens with zero attached hydrogens (tertiary/aromatic N) is 2. The van der Waals surface area contributed by atoms with Gasteiger partial charge in [0.25, 0.3) is 5.91 Å². The number of hydrogen-bond acceptors (Lipinski definition) is 7. The van der Waals surface area contributed by atoms with Gasteiger partial charge in [0.1, 0.15) is 15.6 Å². The molecule has 10 heteroatoms. The fourth-order valence-corrected chi connectivity index (χ4v) is 3.70. The number of aryl methyl sites for hydroxylation is 1. The standard InChI is InChI=1S/C14H14BrN3O5S/c1-6-8(13(20)22-3)12(24-10(6)14(21)23-4)17-11(19)9-7(15)5-16-18(9)2/h5H,1-4H3,(H,17,19). The van der Waals surface area contributed by atoms with E-state index < -0.39 is 17.8 Å². The average molecular weight is 416 g/mol. The number of amides is 1. The summed E-state index contributed by atoms with van der Waals surface area (Å²) in [6.07, 6.45) is 1.48. The third-order valence-corrected chi connectivity index (χ3v) is 5.01. The number of nitrogens with one attached hydrogen (secondary N) is 1. The lowest BCUT2D eigenvalue weighted by Gasteiger charge is -2.06. The molecule has 1 amide bonds. The van der Waals surface area contributed by atoms with Gasteiger partial charge in [0.15, 0.2) is 0 Å². The molecule has 0 saturated heterocycles. The zero-order chi connectivity index (χ0) is 18.0. The second-order valence-corrected chi connectivity index (χ2v) is 6.54. The van der Waals surface area contributed by atoms with Crippen molar-refractivity contribution in [2.45, 2.75) is 6.92 Å². The molecule has 0 aromatic carbocycles. The fraction of sp³-hybridized carbons (Fsp3) is 0.286. The van der Waals surface area contributed by atoms with Crippen LogP contribution in [0.2, 0.25) is 0 Å². The zero-order valence-corrected chi connectivity index (χ0v) is 15.7. The van der Waals surface area contributed by atoms with Gasteiger partial charge < -0.3 is 14.8 Å². The van der Waals surface area contributed by atoms with Gasteiger partial charge in [-0.2, -0.15) is 5.10 Å². The van der Waals surface area contributed by atoms with Crippen LogP contribution in [0.1, 0.15) is 36.1 Å². The van der Waals surface area contributed by atoms with Crippen molar-refractivity contribution in [1.29, 1.82) is 0 Å². The van der Waals surface area contributed by atoms with E-state index in [9.17, 15) is 14.4 Å². The van der Waals surface area contributed by atoms with Crippen molar-refractivity contribution in [2.75, 3.05) is 19.5 Å². The van der Waals surface area contributed by atoms with E-state index in [2.05, 4.69) is 26.3 Å². The molecular formula is C14H14BrN3O5S. The number of thiophene rings is 1. The molecule has 0 aliphatic carbocycles. The summed E-state index contributed by atoms with van der Waals surface area (Å²) < 4.78 is 11.3. The molecule has 0 fully saturated rings. The number of hydrogen-bond donors (Lipinski definition) is 1. The second-order valence-electron chi connectivity index (χ2n) is 4.66. The molecule has 0 unspecified atom stereocenters. The Morgan fingerprint density at radius 1 is 1.25 bits per heavy atom. The van der Waals surface area contributed by atoms with Crippen LogP contribution in [0.15, 0.2) is 10.7 Å². The average Bonchev–Trinajstić information content (AvgIpc) is 3.05. The molecule has 0 aliphatic rings. The summed E-state index contributed by atoms with van der Waals surface area (Å²) >= 11 is 4.19. The van der Waals surface area contributed by atoms with E-state index in [0.29, 0.717) is 10.0 Å². The van der Waals surface area contributed by atoms with Gasteiger partial charge in [0, 0.05) is 7.05 Å². The van der Waals surface area contributed by atoms with E-state index in [0.717, 1.165) is 11.3 Å². The SMILES string of the molecule is COC(=O)c1sc(NC(=O)c2c(Br)cnn2C)c(C(=O)OC)c1C. The molecule has 0 aliphatic heterocycles. The number of aromatic nitrogens is 2. The lowest BCUT2D eigenvalue weighted by Crippen LogP contribution is -2.18. The second kappa shape index (κ2) is 7.14. The summed E-state index contributed by atoms with van der Waals surface area (Å²) in [5, 5.41) is 6.80. The molecule has 2 heterocycles. The number of esters is 2. The van der Waals surface area contributed by atoms with Crippen LogP contribution < -0.4 is 5.32 Å². The number of carbonyl (C=O) groups excluding carboxylic acids is 3. The molecule has 2 aromatic heterocycles. The van der Waals surface area contributed by atoms with Crippen molar-refractivity contribution in [3.05, 3.63) is 32.4 Å². The molecule has 0 spiro atoms.